The van der Waals surface area contributed by atoms with E-state index in [1.54, 1.807) is 17.5 Å². The molecule has 84 valence electrons. The van der Waals surface area contributed by atoms with Gasteiger partial charge in [-0.25, -0.2) is 5.43 Å². The molecule has 2 aromatic heterocycles. The van der Waals surface area contributed by atoms with Crippen molar-refractivity contribution >= 4 is 11.3 Å². The van der Waals surface area contributed by atoms with Crippen LogP contribution in [0.25, 0.3) is 0 Å². The van der Waals surface area contributed by atoms with Crippen LogP contribution in [0, 0.1) is 13.8 Å². The van der Waals surface area contributed by atoms with Crippen LogP contribution in [0.5, 0.6) is 0 Å². The summed E-state index contributed by atoms with van der Waals surface area (Å²) in [6.45, 7) is 4.14. The quantitative estimate of drug-likeness (QED) is 0.632. The van der Waals surface area contributed by atoms with Crippen LogP contribution in [0.15, 0.2) is 30.5 Å². The number of hydrogen-bond acceptors (Lipinski definition) is 4. The Morgan fingerprint density at radius 1 is 1.31 bits per heavy atom. The highest BCUT2D eigenvalue weighted by molar-refractivity contribution is 7.12. The summed E-state index contributed by atoms with van der Waals surface area (Å²) in [6.07, 6.45) is 1.80. The van der Waals surface area contributed by atoms with Gasteiger partial charge < -0.3 is 0 Å². The summed E-state index contributed by atoms with van der Waals surface area (Å²) in [4.78, 5) is 6.88. The molecule has 0 aromatic carbocycles. The van der Waals surface area contributed by atoms with Gasteiger partial charge in [-0.15, -0.1) is 11.3 Å². The lowest BCUT2D eigenvalue weighted by Crippen LogP contribution is -2.29. The Balaban J connectivity index is 2.40. The van der Waals surface area contributed by atoms with Crippen molar-refractivity contribution in [3.63, 3.8) is 0 Å². The highest BCUT2D eigenvalue weighted by atomic mass is 32.1. The number of aryl methyl sites for hydroxylation is 2. The molecule has 0 amide bonds. The fourth-order valence-electron chi connectivity index (χ4n) is 1.70. The van der Waals surface area contributed by atoms with Gasteiger partial charge >= 0.3 is 0 Å². The molecule has 0 fully saturated rings. The monoisotopic (exact) mass is 233 g/mol. The van der Waals surface area contributed by atoms with Crippen molar-refractivity contribution in [3.8, 4) is 0 Å². The van der Waals surface area contributed by atoms with Crippen molar-refractivity contribution in [2.45, 2.75) is 19.9 Å². The summed E-state index contributed by atoms with van der Waals surface area (Å²) < 4.78 is 0. The molecule has 4 heteroatoms. The van der Waals surface area contributed by atoms with Gasteiger partial charge in [-0.2, -0.15) is 0 Å². The van der Waals surface area contributed by atoms with Gasteiger partial charge in [-0.1, -0.05) is 6.07 Å². The van der Waals surface area contributed by atoms with E-state index >= 15 is 0 Å². The van der Waals surface area contributed by atoms with Gasteiger partial charge in [0.15, 0.2) is 0 Å². The lowest BCUT2D eigenvalue weighted by Gasteiger charge is -2.15. The molecule has 2 rings (SSSR count). The molecule has 0 aliphatic rings. The first kappa shape index (κ1) is 11.3. The average Bonchev–Trinajstić information content (AvgIpc) is 2.69. The summed E-state index contributed by atoms with van der Waals surface area (Å²) in [5.74, 6) is 5.63. The predicted molar refractivity (Wildman–Crippen MR) is 67.2 cm³/mol. The van der Waals surface area contributed by atoms with E-state index in [2.05, 4.69) is 29.5 Å². The second-order valence-electron chi connectivity index (χ2n) is 3.75. The summed E-state index contributed by atoms with van der Waals surface area (Å²) in [7, 11) is 0. The number of rotatable bonds is 3. The molecule has 16 heavy (non-hydrogen) atoms. The van der Waals surface area contributed by atoms with Crippen molar-refractivity contribution in [2.75, 3.05) is 0 Å². The molecule has 3 nitrogen and oxygen atoms in total. The number of hydrazine groups is 1. The van der Waals surface area contributed by atoms with Gasteiger partial charge in [0.2, 0.25) is 0 Å². The zero-order valence-electron chi connectivity index (χ0n) is 9.40. The van der Waals surface area contributed by atoms with Gasteiger partial charge in [0.25, 0.3) is 0 Å². The SMILES string of the molecule is Cc1ccc(C(NN)c2ncccc2C)s1. The fourth-order valence-corrected chi connectivity index (χ4v) is 2.65. The smallest absolute Gasteiger partial charge is 0.0975 e. The van der Waals surface area contributed by atoms with Crippen molar-refractivity contribution < 1.29 is 0 Å². The number of nitrogens with two attached hydrogens (primary N) is 1. The van der Waals surface area contributed by atoms with Gasteiger partial charge in [-0.3, -0.25) is 10.8 Å². The lowest BCUT2D eigenvalue weighted by molar-refractivity contribution is 0.626. The first-order chi connectivity index (χ1) is 7.72. The molecule has 1 atom stereocenters. The molecule has 0 aliphatic carbocycles. The zero-order valence-corrected chi connectivity index (χ0v) is 10.2. The van der Waals surface area contributed by atoms with Gasteiger partial charge in [0.05, 0.1) is 11.7 Å². The highest BCUT2D eigenvalue weighted by Gasteiger charge is 2.17. The Labute approximate surface area is 99.3 Å². The Kier molecular flexibility index (Phi) is 3.33. The van der Waals surface area contributed by atoms with E-state index in [9.17, 15) is 0 Å². The van der Waals surface area contributed by atoms with E-state index in [1.165, 1.54) is 9.75 Å². The third-order valence-electron chi connectivity index (χ3n) is 2.54. The molecule has 0 spiro atoms. The maximum atomic E-state index is 5.63. The van der Waals surface area contributed by atoms with E-state index in [1.807, 2.05) is 19.1 Å². The molecule has 0 saturated carbocycles. The normalized spacial score (nSPS) is 12.7. The number of pyridine rings is 1. The maximum Gasteiger partial charge on any atom is 0.0975 e. The van der Waals surface area contributed by atoms with E-state index < -0.39 is 0 Å². The second kappa shape index (κ2) is 4.74. The van der Waals surface area contributed by atoms with E-state index in [0.717, 1.165) is 11.3 Å². The number of nitrogens with zero attached hydrogens (tertiary/aromatic N) is 1. The van der Waals surface area contributed by atoms with Crippen molar-refractivity contribution in [2.24, 2.45) is 5.84 Å². The topological polar surface area (TPSA) is 50.9 Å². The van der Waals surface area contributed by atoms with Gasteiger partial charge in [0.1, 0.15) is 0 Å². The Hall–Kier alpha value is -1.23. The molecule has 0 saturated heterocycles. The lowest BCUT2D eigenvalue weighted by atomic mass is 10.1. The summed E-state index contributed by atoms with van der Waals surface area (Å²) in [5.41, 5.74) is 4.98. The molecular formula is C12H15N3S. The first-order valence-electron chi connectivity index (χ1n) is 5.16. The number of aromatic nitrogens is 1. The van der Waals surface area contributed by atoms with Crippen LogP contribution >= 0.6 is 11.3 Å². The van der Waals surface area contributed by atoms with Crippen molar-refractivity contribution in [1.82, 2.24) is 10.4 Å². The molecule has 0 bridgehead atoms. The standard InChI is InChI=1S/C12H15N3S/c1-8-4-3-7-14-11(8)12(15-13)10-6-5-9(2)16-10/h3-7,12,15H,13H2,1-2H3. The number of nitrogens with one attached hydrogen (secondary N) is 1. The van der Waals surface area contributed by atoms with Crippen LogP contribution in [-0.2, 0) is 0 Å². The minimum Gasteiger partial charge on any atom is -0.270 e. The van der Waals surface area contributed by atoms with Crippen molar-refractivity contribution in [1.29, 1.82) is 0 Å². The molecule has 1 unspecified atom stereocenters. The van der Waals surface area contributed by atoms with Crippen LogP contribution in [0.3, 0.4) is 0 Å². The second-order valence-corrected chi connectivity index (χ2v) is 5.07. The van der Waals surface area contributed by atoms with Gasteiger partial charge in [0, 0.05) is 16.0 Å². The molecule has 0 aliphatic heterocycles. The minimum atomic E-state index is -0.0140. The van der Waals surface area contributed by atoms with Gasteiger partial charge in [-0.05, 0) is 37.6 Å². The highest BCUT2D eigenvalue weighted by Crippen LogP contribution is 2.27. The third-order valence-corrected chi connectivity index (χ3v) is 3.60. The molecule has 2 aromatic rings. The Morgan fingerprint density at radius 2 is 2.12 bits per heavy atom. The Morgan fingerprint density at radius 3 is 2.69 bits per heavy atom. The Bertz CT molecular complexity index is 479. The van der Waals surface area contributed by atoms with Crippen LogP contribution in [-0.4, -0.2) is 4.98 Å². The summed E-state index contributed by atoms with van der Waals surface area (Å²) in [6, 6.07) is 8.17. The summed E-state index contributed by atoms with van der Waals surface area (Å²) >= 11 is 1.74. The zero-order chi connectivity index (χ0) is 11.5. The largest absolute Gasteiger partial charge is 0.270 e. The van der Waals surface area contributed by atoms with E-state index in [0.29, 0.717) is 0 Å². The van der Waals surface area contributed by atoms with E-state index in [4.69, 9.17) is 5.84 Å². The average molecular weight is 233 g/mol. The third kappa shape index (κ3) is 2.14. The van der Waals surface area contributed by atoms with E-state index in [-0.39, 0.29) is 6.04 Å². The minimum absolute atomic E-state index is 0.0140. The summed E-state index contributed by atoms with van der Waals surface area (Å²) in [5, 5.41) is 0. The first-order valence-corrected chi connectivity index (χ1v) is 5.98. The molecular weight excluding hydrogens is 218 g/mol. The molecule has 2 heterocycles. The van der Waals surface area contributed by atoms with Crippen LogP contribution in [0.2, 0.25) is 0 Å². The molecule has 3 N–H and O–H groups in total. The van der Waals surface area contributed by atoms with Crippen LogP contribution < -0.4 is 11.3 Å². The maximum absolute atomic E-state index is 5.63. The van der Waals surface area contributed by atoms with Crippen LogP contribution in [0.1, 0.15) is 27.1 Å². The number of thiophene rings is 1. The van der Waals surface area contributed by atoms with Crippen molar-refractivity contribution in [3.05, 3.63) is 51.5 Å². The van der Waals surface area contributed by atoms with Crippen LogP contribution in [0.4, 0.5) is 0 Å². The molecule has 0 radical (unpaired) electrons. The predicted octanol–water partition coefficient (Wildman–Crippen LogP) is 2.31. The number of hydrogen-bond donors (Lipinski definition) is 2. The fraction of sp³-hybridized carbons (Fsp3) is 0.250.